The highest BCUT2D eigenvalue weighted by Crippen LogP contribution is 2.30. The highest BCUT2D eigenvalue weighted by atomic mass is 16.3. The summed E-state index contributed by atoms with van der Waals surface area (Å²) < 4.78 is 1.90. The normalized spacial score (nSPS) is 18.9. The molecule has 4 heteroatoms. The lowest BCUT2D eigenvalue weighted by atomic mass is 9.93. The van der Waals surface area contributed by atoms with Crippen LogP contribution in [0.2, 0.25) is 0 Å². The maximum Gasteiger partial charge on any atom is 0.242 e. The minimum atomic E-state index is -0.348. The molecule has 0 aliphatic heterocycles. The van der Waals surface area contributed by atoms with Crippen LogP contribution in [0.5, 0.6) is 0 Å². The van der Waals surface area contributed by atoms with Gasteiger partial charge in [0.2, 0.25) is 5.91 Å². The molecular formula is C13H20N2O2. The van der Waals surface area contributed by atoms with E-state index in [9.17, 15) is 9.90 Å². The Morgan fingerprint density at radius 2 is 2.35 bits per heavy atom. The Bertz CT molecular complexity index is 412. The summed E-state index contributed by atoms with van der Waals surface area (Å²) >= 11 is 0. The summed E-state index contributed by atoms with van der Waals surface area (Å²) in [4.78, 5) is 13.5. The third-order valence-corrected chi connectivity index (χ3v) is 3.50. The fourth-order valence-electron chi connectivity index (χ4n) is 2.27. The van der Waals surface area contributed by atoms with Crippen LogP contribution in [0.25, 0.3) is 0 Å². The number of fused-ring (bicyclic) bond motifs is 1. The highest BCUT2D eigenvalue weighted by Gasteiger charge is 2.20. The molecule has 1 aliphatic carbocycles. The largest absolute Gasteiger partial charge is 0.388 e. The average Bonchev–Trinajstić information content (AvgIpc) is 2.72. The second kappa shape index (κ2) is 4.92. The molecule has 0 spiro atoms. The van der Waals surface area contributed by atoms with Crippen molar-refractivity contribution >= 4 is 5.91 Å². The van der Waals surface area contributed by atoms with E-state index in [1.54, 1.807) is 11.9 Å². The summed E-state index contributed by atoms with van der Waals surface area (Å²) in [5, 5.41) is 9.86. The molecule has 0 aromatic carbocycles. The Kier molecular flexibility index (Phi) is 3.52. The zero-order valence-electron chi connectivity index (χ0n) is 10.5. The lowest BCUT2D eigenvalue weighted by molar-refractivity contribution is -0.130. The SMILES string of the molecule is CCN(C)C(=O)Cn1cc2c(c1)C(O)CCC2. The first-order valence-electron chi connectivity index (χ1n) is 6.22. The van der Waals surface area contributed by atoms with E-state index in [-0.39, 0.29) is 12.0 Å². The number of nitrogens with zero attached hydrogens (tertiary/aromatic N) is 2. The van der Waals surface area contributed by atoms with Crippen LogP contribution in [-0.2, 0) is 17.8 Å². The molecule has 0 saturated carbocycles. The lowest BCUT2D eigenvalue weighted by Gasteiger charge is -2.16. The lowest BCUT2D eigenvalue weighted by Crippen LogP contribution is -2.29. The molecule has 1 amide bonds. The Hall–Kier alpha value is -1.29. The standard InChI is InChI=1S/C13H20N2O2/c1-3-14(2)13(17)9-15-7-10-5-4-6-12(16)11(10)8-15/h7-8,12,16H,3-6,9H2,1-2H3. The Labute approximate surface area is 102 Å². The monoisotopic (exact) mass is 236 g/mol. The van der Waals surface area contributed by atoms with Crippen LogP contribution in [0.15, 0.2) is 12.4 Å². The molecule has 1 N–H and O–H groups in total. The number of carbonyl (C=O) groups excluding carboxylic acids is 1. The first-order valence-corrected chi connectivity index (χ1v) is 6.22. The molecule has 1 unspecified atom stereocenters. The number of carbonyl (C=O) groups is 1. The van der Waals surface area contributed by atoms with Crippen molar-refractivity contribution in [1.82, 2.24) is 9.47 Å². The van der Waals surface area contributed by atoms with Crippen molar-refractivity contribution in [2.45, 2.75) is 38.8 Å². The second-order valence-electron chi connectivity index (χ2n) is 4.73. The smallest absolute Gasteiger partial charge is 0.242 e. The summed E-state index contributed by atoms with van der Waals surface area (Å²) in [7, 11) is 1.81. The fourth-order valence-corrected chi connectivity index (χ4v) is 2.27. The zero-order chi connectivity index (χ0) is 12.4. The molecule has 17 heavy (non-hydrogen) atoms. The van der Waals surface area contributed by atoms with Crippen molar-refractivity contribution in [2.24, 2.45) is 0 Å². The molecule has 94 valence electrons. The summed E-state index contributed by atoms with van der Waals surface area (Å²) in [5.74, 6) is 0.106. The number of rotatable bonds is 3. The third-order valence-electron chi connectivity index (χ3n) is 3.50. The number of hydrogen-bond donors (Lipinski definition) is 1. The Morgan fingerprint density at radius 3 is 3.00 bits per heavy atom. The third kappa shape index (κ3) is 2.52. The van der Waals surface area contributed by atoms with Crippen LogP contribution in [0.3, 0.4) is 0 Å². The van der Waals surface area contributed by atoms with Gasteiger partial charge >= 0.3 is 0 Å². The van der Waals surface area contributed by atoms with Gasteiger partial charge in [-0.05, 0) is 31.7 Å². The summed E-state index contributed by atoms with van der Waals surface area (Å²) in [6, 6.07) is 0. The first kappa shape index (κ1) is 12.2. The van der Waals surface area contributed by atoms with Crippen LogP contribution in [0, 0.1) is 0 Å². The molecule has 1 heterocycles. The van der Waals surface area contributed by atoms with E-state index in [0.29, 0.717) is 6.54 Å². The molecule has 0 fully saturated rings. The Balaban J connectivity index is 2.10. The number of aliphatic hydroxyl groups is 1. The minimum absolute atomic E-state index is 0.106. The van der Waals surface area contributed by atoms with E-state index < -0.39 is 0 Å². The van der Waals surface area contributed by atoms with Crippen molar-refractivity contribution in [3.05, 3.63) is 23.5 Å². The first-order chi connectivity index (χ1) is 8.11. The molecule has 2 rings (SSSR count). The molecule has 0 bridgehead atoms. The summed E-state index contributed by atoms with van der Waals surface area (Å²) in [6.45, 7) is 3.05. The van der Waals surface area contributed by atoms with Crippen LogP contribution >= 0.6 is 0 Å². The van der Waals surface area contributed by atoms with Crippen molar-refractivity contribution in [3.8, 4) is 0 Å². The molecule has 4 nitrogen and oxygen atoms in total. The van der Waals surface area contributed by atoms with Gasteiger partial charge in [-0.2, -0.15) is 0 Å². The summed E-state index contributed by atoms with van der Waals surface area (Å²) in [5.41, 5.74) is 2.19. The van der Waals surface area contributed by atoms with E-state index in [0.717, 1.165) is 31.4 Å². The van der Waals surface area contributed by atoms with Gasteiger partial charge in [0.05, 0.1) is 6.10 Å². The predicted molar refractivity (Wildman–Crippen MR) is 65.6 cm³/mol. The Morgan fingerprint density at radius 1 is 1.59 bits per heavy atom. The fraction of sp³-hybridized carbons (Fsp3) is 0.615. The number of aliphatic hydroxyl groups excluding tert-OH is 1. The van der Waals surface area contributed by atoms with Crippen molar-refractivity contribution in [1.29, 1.82) is 0 Å². The van der Waals surface area contributed by atoms with Gasteiger partial charge in [-0.3, -0.25) is 4.79 Å². The van der Waals surface area contributed by atoms with Gasteiger partial charge in [0, 0.05) is 31.5 Å². The number of likely N-dealkylation sites (N-methyl/N-ethyl adjacent to an activating group) is 1. The van der Waals surface area contributed by atoms with E-state index in [1.165, 1.54) is 5.56 Å². The van der Waals surface area contributed by atoms with E-state index in [2.05, 4.69) is 0 Å². The van der Waals surface area contributed by atoms with E-state index >= 15 is 0 Å². The molecule has 1 aliphatic rings. The predicted octanol–water partition coefficient (Wildman–Crippen LogP) is 1.34. The van der Waals surface area contributed by atoms with Crippen LogP contribution < -0.4 is 0 Å². The van der Waals surface area contributed by atoms with Gasteiger partial charge in [-0.15, -0.1) is 0 Å². The van der Waals surface area contributed by atoms with E-state index in [4.69, 9.17) is 0 Å². The maximum absolute atomic E-state index is 11.8. The molecule has 1 aromatic heterocycles. The number of amides is 1. The highest BCUT2D eigenvalue weighted by molar-refractivity contribution is 5.75. The van der Waals surface area contributed by atoms with Gasteiger partial charge in [0.15, 0.2) is 0 Å². The van der Waals surface area contributed by atoms with Gasteiger partial charge < -0.3 is 14.6 Å². The molecule has 1 aromatic rings. The van der Waals surface area contributed by atoms with Crippen molar-refractivity contribution in [3.63, 3.8) is 0 Å². The quantitative estimate of drug-likeness (QED) is 0.860. The van der Waals surface area contributed by atoms with Crippen LogP contribution in [0.4, 0.5) is 0 Å². The van der Waals surface area contributed by atoms with Gasteiger partial charge in [-0.1, -0.05) is 0 Å². The number of aromatic nitrogens is 1. The maximum atomic E-state index is 11.8. The second-order valence-corrected chi connectivity index (χ2v) is 4.73. The van der Waals surface area contributed by atoms with Crippen LogP contribution in [0.1, 0.15) is 37.0 Å². The van der Waals surface area contributed by atoms with Crippen LogP contribution in [-0.4, -0.2) is 34.1 Å². The summed E-state index contributed by atoms with van der Waals surface area (Å²) in [6.07, 6.45) is 6.44. The number of aryl methyl sites for hydroxylation is 1. The molecular weight excluding hydrogens is 216 g/mol. The van der Waals surface area contributed by atoms with Gasteiger partial charge in [0.25, 0.3) is 0 Å². The molecule has 1 atom stereocenters. The average molecular weight is 236 g/mol. The molecule has 0 radical (unpaired) electrons. The van der Waals surface area contributed by atoms with Crippen molar-refractivity contribution in [2.75, 3.05) is 13.6 Å². The topological polar surface area (TPSA) is 45.5 Å². The minimum Gasteiger partial charge on any atom is -0.388 e. The number of hydrogen-bond acceptors (Lipinski definition) is 2. The molecule has 0 saturated heterocycles. The zero-order valence-corrected chi connectivity index (χ0v) is 10.5. The van der Waals surface area contributed by atoms with Gasteiger partial charge in [0.1, 0.15) is 6.54 Å². The van der Waals surface area contributed by atoms with Gasteiger partial charge in [-0.25, -0.2) is 0 Å². The van der Waals surface area contributed by atoms with E-state index in [1.807, 2.05) is 23.9 Å². The van der Waals surface area contributed by atoms with Crippen molar-refractivity contribution < 1.29 is 9.90 Å².